The zero-order chi connectivity index (χ0) is 10.8. The van der Waals surface area contributed by atoms with Gasteiger partial charge in [-0.05, 0) is 30.2 Å². The highest BCUT2D eigenvalue weighted by Crippen LogP contribution is 2.24. The Balaban J connectivity index is 2.87. The second-order valence-electron chi connectivity index (χ2n) is 3.40. The molecule has 15 heavy (non-hydrogen) atoms. The highest BCUT2D eigenvalue weighted by Gasteiger charge is 2.05. The molecule has 2 N–H and O–H groups in total. The van der Waals surface area contributed by atoms with Crippen LogP contribution < -0.4 is 5.73 Å². The molecule has 1 heterocycles. The minimum absolute atomic E-state index is 0.569. The molecular formula is C12H11N3. The predicted molar refractivity (Wildman–Crippen MR) is 60.2 cm³/mol. The topological polar surface area (TPSA) is 62.7 Å². The van der Waals surface area contributed by atoms with E-state index in [2.05, 4.69) is 18.0 Å². The van der Waals surface area contributed by atoms with Crippen LogP contribution in [0.4, 0.5) is 5.69 Å². The summed E-state index contributed by atoms with van der Waals surface area (Å²) in [6, 6.07) is 7.57. The van der Waals surface area contributed by atoms with Gasteiger partial charge in [0.25, 0.3) is 0 Å². The van der Waals surface area contributed by atoms with E-state index in [-0.39, 0.29) is 0 Å². The fourth-order valence-electron chi connectivity index (χ4n) is 1.71. The van der Waals surface area contributed by atoms with Crippen LogP contribution in [0.2, 0.25) is 0 Å². The van der Waals surface area contributed by atoms with Crippen molar-refractivity contribution < 1.29 is 0 Å². The van der Waals surface area contributed by atoms with Crippen molar-refractivity contribution >= 4 is 16.6 Å². The van der Waals surface area contributed by atoms with Crippen molar-refractivity contribution in [1.29, 1.82) is 5.26 Å². The predicted octanol–water partition coefficient (Wildman–Crippen LogP) is 2.25. The van der Waals surface area contributed by atoms with Gasteiger partial charge in [0.2, 0.25) is 0 Å². The van der Waals surface area contributed by atoms with E-state index in [9.17, 15) is 0 Å². The second-order valence-corrected chi connectivity index (χ2v) is 3.40. The van der Waals surface area contributed by atoms with E-state index in [4.69, 9.17) is 11.0 Å². The molecular weight excluding hydrogens is 186 g/mol. The molecule has 0 aliphatic heterocycles. The Kier molecular flexibility index (Phi) is 2.26. The standard InChI is InChI=1S/C12H11N3/c1-2-9-3-4-15-12-10(9)5-8(7-13)6-11(12)14/h3-6H,2,14H2,1H3. The van der Waals surface area contributed by atoms with E-state index in [0.717, 1.165) is 17.3 Å². The summed E-state index contributed by atoms with van der Waals surface area (Å²) in [6.45, 7) is 2.07. The first-order valence-electron chi connectivity index (χ1n) is 4.83. The third-order valence-corrected chi connectivity index (χ3v) is 2.47. The van der Waals surface area contributed by atoms with Crippen molar-refractivity contribution in [2.45, 2.75) is 13.3 Å². The van der Waals surface area contributed by atoms with Crippen molar-refractivity contribution in [3.8, 4) is 6.07 Å². The Morgan fingerprint density at radius 3 is 2.93 bits per heavy atom. The van der Waals surface area contributed by atoms with Crippen LogP contribution in [0.15, 0.2) is 24.4 Å². The lowest BCUT2D eigenvalue weighted by molar-refractivity contribution is 1.15. The Morgan fingerprint density at radius 2 is 2.27 bits per heavy atom. The number of aryl methyl sites for hydroxylation is 1. The maximum atomic E-state index is 8.86. The number of nitrogen functional groups attached to an aromatic ring is 1. The fraction of sp³-hybridized carbons (Fsp3) is 0.167. The molecule has 0 bridgehead atoms. The number of anilines is 1. The number of rotatable bonds is 1. The van der Waals surface area contributed by atoms with E-state index in [1.807, 2.05) is 12.1 Å². The van der Waals surface area contributed by atoms with Gasteiger partial charge in [0.1, 0.15) is 0 Å². The zero-order valence-electron chi connectivity index (χ0n) is 8.49. The third kappa shape index (κ3) is 1.50. The first-order chi connectivity index (χ1) is 7.26. The smallest absolute Gasteiger partial charge is 0.0992 e. The van der Waals surface area contributed by atoms with Crippen LogP contribution in [-0.2, 0) is 6.42 Å². The number of nitrogens with two attached hydrogens (primary N) is 1. The van der Waals surface area contributed by atoms with E-state index < -0.39 is 0 Å². The van der Waals surface area contributed by atoms with Crippen LogP contribution in [0, 0.1) is 11.3 Å². The lowest BCUT2D eigenvalue weighted by Crippen LogP contribution is -1.94. The molecule has 74 valence electrons. The average molecular weight is 197 g/mol. The Labute approximate surface area is 88.2 Å². The summed E-state index contributed by atoms with van der Waals surface area (Å²) in [4.78, 5) is 4.23. The van der Waals surface area contributed by atoms with Crippen LogP contribution in [0.5, 0.6) is 0 Å². The molecule has 0 saturated carbocycles. The average Bonchev–Trinajstić information content (AvgIpc) is 2.28. The first kappa shape index (κ1) is 9.47. The fourth-order valence-corrected chi connectivity index (χ4v) is 1.71. The van der Waals surface area contributed by atoms with Gasteiger partial charge in [-0.25, -0.2) is 0 Å². The summed E-state index contributed by atoms with van der Waals surface area (Å²) in [5.41, 5.74) is 8.95. The quantitative estimate of drug-likeness (QED) is 0.713. The van der Waals surface area contributed by atoms with Crippen LogP contribution >= 0.6 is 0 Å². The summed E-state index contributed by atoms with van der Waals surface area (Å²) in [6.07, 6.45) is 2.66. The molecule has 0 spiro atoms. The normalized spacial score (nSPS) is 10.1. The van der Waals surface area contributed by atoms with E-state index in [0.29, 0.717) is 11.3 Å². The lowest BCUT2D eigenvalue weighted by Gasteiger charge is -2.06. The van der Waals surface area contributed by atoms with Gasteiger partial charge in [-0.3, -0.25) is 4.98 Å². The molecule has 0 aliphatic rings. The van der Waals surface area contributed by atoms with Gasteiger partial charge in [-0.1, -0.05) is 6.92 Å². The minimum Gasteiger partial charge on any atom is -0.397 e. The number of pyridine rings is 1. The monoisotopic (exact) mass is 197 g/mol. The van der Waals surface area contributed by atoms with Crippen LogP contribution in [-0.4, -0.2) is 4.98 Å². The Bertz CT molecular complexity index is 553. The zero-order valence-corrected chi connectivity index (χ0v) is 8.49. The Morgan fingerprint density at radius 1 is 1.47 bits per heavy atom. The van der Waals surface area contributed by atoms with Gasteiger partial charge in [-0.2, -0.15) is 5.26 Å². The van der Waals surface area contributed by atoms with Gasteiger partial charge in [0, 0.05) is 11.6 Å². The highest BCUT2D eigenvalue weighted by atomic mass is 14.7. The first-order valence-corrected chi connectivity index (χ1v) is 4.83. The van der Waals surface area contributed by atoms with Gasteiger partial charge in [0.05, 0.1) is 22.8 Å². The summed E-state index contributed by atoms with van der Waals surface area (Å²) in [5, 5.41) is 9.84. The molecule has 2 rings (SSSR count). The number of nitrogens with zero attached hydrogens (tertiary/aromatic N) is 2. The molecule has 0 aliphatic carbocycles. The summed E-state index contributed by atoms with van der Waals surface area (Å²) < 4.78 is 0. The SMILES string of the molecule is CCc1ccnc2c(N)cc(C#N)cc12. The van der Waals surface area contributed by atoms with Gasteiger partial charge in [0.15, 0.2) is 0 Å². The van der Waals surface area contributed by atoms with Crippen molar-refractivity contribution in [3.05, 3.63) is 35.5 Å². The largest absolute Gasteiger partial charge is 0.397 e. The lowest BCUT2D eigenvalue weighted by atomic mass is 10.0. The summed E-state index contributed by atoms with van der Waals surface area (Å²) in [5.74, 6) is 0. The minimum atomic E-state index is 0.569. The molecule has 0 atom stereocenters. The second kappa shape index (κ2) is 3.58. The Hall–Kier alpha value is -2.08. The van der Waals surface area contributed by atoms with Gasteiger partial charge >= 0.3 is 0 Å². The molecule has 3 heteroatoms. The molecule has 2 aromatic rings. The molecule has 3 nitrogen and oxygen atoms in total. The maximum absolute atomic E-state index is 8.86. The van der Waals surface area contributed by atoms with Crippen molar-refractivity contribution in [2.24, 2.45) is 0 Å². The molecule has 0 saturated heterocycles. The molecule has 0 radical (unpaired) electrons. The van der Waals surface area contributed by atoms with Crippen LogP contribution in [0.3, 0.4) is 0 Å². The van der Waals surface area contributed by atoms with E-state index in [1.165, 1.54) is 5.56 Å². The number of hydrogen-bond donors (Lipinski definition) is 1. The van der Waals surface area contributed by atoms with Crippen LogP contribution in [0.25, 0.3) is 10.9 Å². The number of benzene rings is 1. The number of nitriles is 1. The summed E-state index contributed by atoms with van der Waals surface area (Å²) in [7, 11) is 0. The van der Waals surface area contributed by atoms with E-state index >= 15 is 0 Å². The molecule has 1 aromatic heterocycles. The third-order valence-electron chi connectivity index (χ3n) is 2.47. The molecule has 0 unspecified atom stereocenters. The number of hydrogen-bond acceptors (Lipinski definition) is 3. The molecule has 1 aromatic carbocycles. The highest BCUT2D eigenvalue weighted by molar-refractivity contribution is 5.92. The summed E-state index contributed by atoms with van der Waals surface area (Å²) >= 11 is 0. The maximum Gasteiger partial charge on any atom is 0.0992 e. The number of fused-ring (bicyclic) bond motifs is 1. The number of aromatic nitrogens is 1. The van der Waals surface area contributed by atoms with Crippen molar-refractivity contribution in [3.63, 3.8) is 0 Å². The van der Waals surface area contributed by atoms with Gasteiger partial charge in [-0.15, -0.1) is 0 Å². The molecule has 0 amide bonds. The molecule has 0 fully saturated rings. The van der Waals surface area contributed by atoms with Crippen LogP contribution in [0.1, 0.15) is 18.1 Å². The van der Waals surface area contributed by atoms with Crippen molar-refractivity contribution in [2.75, 3.05) is 5.73 Å². The van der Waals surface area contributed by atoms with Gasteiger partial charge < -0.3 is 5.73 Å². The van der Waals surface area contributed by atoms with E-state index in [1.54, 1.807) is 12.3 Å². The van der Waals surface area contributed by atoms with Crippen molar-refractivity contribution in [1.82, 2.24) is 4.98 Å².